The number of Topliss-reactive ketones (excluding diaryl/α,β-unsaturated/α-hetero) is 1. The quantitative estimate of drug-likeness (QED) is 0.430. The van der Waals surface area contributed by atoms with Gasteiger partial charge in [0.1, 0.15) is 5.75 Å². The summed E-state index contributed by atoms with van der Waals surface area (Å²) in [6.07, 6.45) is 0.667. The maximum absolute atomic E-state index is 13.7. The molecule has 0 spiro atoms. The Morgan fingerprint density at radius 2 is 1.86 bits per heavy atom. The van der Waals surface area contributed by atoms with Gasteiger partial charge in [0, 0.05) is 23.0 Å². The summed E-state index contributed by atoms with van der Waals surface area (Å²) in [4.78, 5) is 30.3. The van der Waals surface area contributed by atoms with Gasteiger partial charge < -0.3 is 28.8 Å². The van der Waals surface area contributed by atoms with Crippen molar-refractivity contribution in [2.45, 2.75) is 12.5 Å². The zero-order valence-electron chi connectivity index (χ0n) is 20.0. The molecule has 0 fully saturated rings. The Balaban J connectivity index is 1.77. The number of nitrogens with zero attached hydrogens (tertiary/aromatic N) is 2. The van der Waals surface area contributed by atoms with Crippen LogP contribution in [0.1, 0.15) is 28.6 Å². The van der Waals surface area contributed by atoms with E-state index in [1.165, 1.54) is 18.1 Å². The molecule has 0 saturated heterocycles. The van der Waals surface area contributed by atoms with Gasteiger partial charge in [0.15, 0.2) is 22.9 Å². The second kappa shape index (κ2) is 10.0. The number of ketones is 1. The molecule has 3 aromatic rings. The number of aliphatic hydroxyl groups excluding tert-OH is 1. The summed E-state index contributed by atoms with van der Waals surface area (Å²) in [6, 6.07) is 11.1. The number of fused-ring (bicyclic) bond motifs is 1. The van der Waals surface area contributed by atoms with Gasteiger partial charge in [-0.05, 0) is 56.9 Å². The molecule has 1 unspecified atom stereocenters. The van der Waals surface area contributed by atoms with Crippen LogP contribution in [-0.4, -0.2) is 68.0 Å². The number of amides is 1. The standard InChI is InChI=1S/C26H27ClN2O6/c1-28(2)10-5-11-29-22(15-6-8-18(33-3)9-7-15)21(24(31)26(29)32)23(30)19-13-16-12-17(27)14-20(34-4)25(16)35-19/h6-9,12-14,22,31H,5,10-11H2,1-4H3. The molecule has 1 N–H and O–H groups in total. The van der Waals surface area contributed by atoms with Gasteiger partial charge in [-0.1, -0.05) is 23.7 Å². The summed E-state index contributed by atoms with van der Waals surface area (Å²) in [5, 5.41) is 11.9. The number of carbonyl (C=O) groups excluding carboxylic acids is 2. The first-order chi connectivity index (χ1) is 16.7. The maximum Gasteiger partial charge on any atom is 0.290 e. The van der Waals surface area contributed by atoms with Crippen molar-refractivity contribution >= 4 is 34.3 Å². The van der Waals surface area contributed by atoms with E-state index in [1.807, 2.05) is 19.0 Å². The fourth-order valence-electron chi connectivity index (χ4n) is 4.29. The Hall–Kier alpha value is -3.49. The number of carbonyl (C=O) groups is 2. The van der Waals surface area contributed by atoms with Gasteiger partial charge in [0.25, 0.3) is 5.91 Å². The van der Waals surface area contributed by atoms with E-state index in [-0.39, 0.29) is 11.3 Å². The summed E-state index contributed by atoms with van der Waals surface area (Å²) in [5.41, 5.74) is 0.996. The van der Waals surface area contributed by atoms with E-state index in [1.54, 1.807) is 43.5 Å². The van der Waals surface area contributed by atoms with E-state index in [4.69, 9.17) is 25.5 Å². The molecule has 1 aliphatic heterocycles. The predicted octanol–water partition coefficient (Wildman–Crippen LogP) is 4.63. The maximum atomic E-state index is 13.7. The Morgan fingerprint density at radius 1 is 1.14 bits per heavy atom. The molecule has 1 aromatic heterocycles. The number of hydrogen-bond acceptors (Lipinski definition) is 7. The highest BCUT2D eigenvalue weighted by atomic mass is 35.5. The van der Waals surface area contributed by atoms with Crippen molar-refractivity contribution in [2.24, 2.45) is 0 Å². The minimum absolute atomic E-state index is 0.0245. The number of aliphatic hydroxyl groups is 1. The molecule has 0 saturated carbocycles. The van der Waals surface area contributed by atoms with Crippen LogP contribution in [0.5, 0.6) is 11.5 Å². The Bertz CT molecular complexity index is 1300. The first kappa shape index (κ1) is 24.6. The van der Waals surface area contributed by atoms with E-state index in [0.29, 0.717) is 46.0 Å². The van der Waals surface area contributed by atoms with Gasteiger partial charge in [0.05, 0.1) is 25.8 Å². The molecule has 0 bridgehead atoms. The van der Waals surface area contributed by atoms with E-state index in [2.05, 4.69) is 0 Å². The summed E-state index contributed by atoms with van der Waals surface area (Å²) in [5.74, 6) is -0.760. The van der Waals surface area contributed by atoms with Crippen LogP contribution in [0.25, 0.3) is 11.0 Å². The lowest BCUT2D eigenvalue weighted by atomic mass is 9.95. The van der Waals surface area contributed by atoms with Crippen LogP contribution in [0, 0.1) is 0 Å². The lowest BCUT2D eigenvalue weighted by Gasteiger charge is -2.27. The number of ether oxygens (including phenoxy) is 2. The van der Waals surface area contributed by atoms with E-state index in [0.717, 1.165) is 6.54 Å². The second-order valence-corrected chi connectivity index (χ2v) is 9.00. The molecule has 2 aromatic carbocycles. The van der Waals surface area contributed by atoms with Gasteiger partial charge in [-0.3, -0.25) is 9.59 Å². The van der Waals surface area contributed by atoms with Crippen molar-refractivity contribution < 1.29 is 28.6 Å². The highest BCUT2D eigenvalue weighted by Crippen LogP contribution is 2.41. The number of furan rings is 1. The van der Waals surface area contributed by atoms with E-state index in [9.17, 15) is 14.7 Å². The van der Waals surface area contributed by atoms with Crippen molar-refractivity contribution in [3.05, 3.63) is 70.1 Å². The van der Waals surface area contributed by atoms with Crippen molar-refractivity contribution in [3.63, 3.8) is 0 Å². The van der Waals surface area contributed by atoms with Gasteiger partial charge in [-0.15, -0.1) is 0 Å². The number of halogens is 1. The van der Waals surface area contributed by atoms with Crippen LogP contribution in [-0.2, 0) is 4.79 Å². The smallest absolute Gasteiger partial charge is 0.290 e. The molecular formula is C26H27ClN2O6. The predicted molar refractivity (Wildman–Crippen MR) is 132 cm³/mol. The summed E-state index contributed by atoms with van der Waals surface area (Å²) in [7, 11) is 6.92. The van der Waals surface area contributed by atoms with Gasteiger partial charge in [-0.2, -0.15) is 0 Å². The zero-order valence-corrected chi connectivity index (χ0v) is 20.8. The van der Waals surface area contributed by atoms with Crippen LogP contribution < -0.4 is 9.47 Å². The molecule has 184 valence electrons. The third-order valence-electron chi connectivity index (χ3n) is 5.97. The van der Waals surface area contributed by atoms with Gasteiger partial charge in [0.2, 0.25) is 5.78 Å². The number of rotatable bonds is 9. The van der Waals surface area contributed by atoms with Crippen LogP contribution in [0.2, 0.25) is 5.02 Å². The van der Waals surface area contributed by atoms with Crippen LogP contribution in [0.3, 0.4) is 0 Å². The third kappa shape index (κ3) is 4.72. The highest BCUT2D eigenvalue weighted by Gasteiger charge is 2.44. The molecule has 4 rings (SSSR count). The fourth-order valence-corrected chi connectivity index (χ4v) is 4.51. The normalized spacial score (nSPS) is 16.0. The second-order valence-electron chi connectivity index (χ2n) is 8.56. The Morgan fingerprint density at radius 3 is 2.49 bits per heavy atom. The average Bonchev–Trinajstić information content (AvgIpc) is 3.37. The molecular weight excluding hydrogens is 472 g/mol. The summed E-state index contributed by atoms with van der Waals surface area (Å²) < 4.78 is 16.4. The largest absolute Gasteiger partial charge is 0.503 e. The first-order valence-corrected chi connectivity index (χ1v) is 11.5. The zero-order chi connectivity index (χ0) is 25.3. The molecule has 1 aliphatic rings. The van der Waals surface area contributed by atoms with Crippen molar-refractivity contribution in [2.75, 3.05) is 41.4 Å². The molecule has 9 heteroatoms. The van der Waals surface area contributed by atoms with Crippen molar-refractivity contribution in [1.29, 1.82) is 0 Å². The third-order valence-corrected chi connectivity index (χ3v) is 6.19. The van der Waals surface area contributed by atoms with Crippen molar-refractivity contribution in [1.82, 2.24) is 9.80 Å². The van der Waals surface area contributed by atoms with Crippen LogP contribution in [0.4, 0.5) is 0 Å². The van der Waals surface area contributed by atoms with Crippen LogP contribution in [0.15, 0.2) is 58.2 Å². The minimum atomic E-state index is -0.776. The topological polar surface area (TPSA) is 92.4 Å². The molecule has 2 heterocycles. The Labute approximate surface area is 208 Å². The molecule has 1 amide bonds. The number of benzene rings is 2. The summed E-state index contributed by atoms with van der Waals surface area (Å²) >= 11 is 6.16. The lowest BCUT2D eigenvalue weighted by molar-refractivity contribution is -0.129. The van der Waals surface area contributed by atoms with Crippen molar-refractivity contribution in [3.8, 4) is 11.5 Å². The first-order valence-electron chi connectivity index (χ1n) is 11.1. The molecule has 35 heavy (non-hydrogen) atoms. The minimum Gasteiger partial charge on any atom is -0.503 e. The average molecular weight is 499 g/mol. The fraction of sp³-hybridized carbons (Fsp3) is 0.308. The van der Waals surface area contributed by atoms with Crippen LogP contribution >= 0.6 is 11.6 Å². The van der Waals surface area contributed by atoms with E-state index >= 15 is 0 Å². The SMILES string of the molecule is COc1ccc(C2C(C(=O)c3cc4cc(Cl)cc(OC)c4o3)=C(O)C(=O)N2CCCN(C)C)cc1. The van der Waals surface area contributed by atoms with Gasteiger partial charge in [-0.25, -0.2) is 0 Å². The lowest BCUT2D eigenvalue weighted by Crippen LogP contribution is -2.33. The monoisotopic (exact) mass is 498 g/mol. The number of methoxy groups -OCH3 is 2. The molecule has 0 aliphatic carbocycles. The van der Waals surface area contributed by atoms with Gasteiger partial charge >= 0.3 is 0 Å². The Kier molecular flexibility index (Phi) is 7.05. The summed E-state index contributed by atoms with van der Waals surface area (Å²) in [6.45, 7) is 1.10. The molecule has 0 radical (unpaired) electrons. The molecule has 8 nitrogen and oxygen atoms in total. The molecule has 1 atom stereocenters. The highest BCUT2D eigenvalue weighted by molar-refractivity contribution is 6.31. The number of hydrogen-bond donors (Lipinski definition) is 1. The van der Waals surface area contributed by atoms with E-state index < -0.39 is 23.5 Å².